The number of esters is 1. The largest absolute Gasteiger partial charge is 0.444 e. The van der Waals surface area contributed by atoms with E-state index in [0.717, 1.165) is 4.68 Å². The summed E-state index contributed by atoms with van der Waals surface area (Å²) in [7, 11) is 0. The first-order valence-electron chi connectivity index (χ1n) is 8.83. The third kappa shape index (κ3) is 5.16. The van der Waals surface area contributed by atoms with Crippen molar-refractivity contribution in [3.8, 4) is 0 Å². The Balaban J connectivity index is 1.68. The highest BCUT2D eigenvalue weighted by Gasteiger charge is 2.17. The topological polar surface area (TPSA) is 112 Å². The van der Waals surface area contributed by atoms with Gasteiger partial charge in [0.2, 0.25) is 0 Å². The lowest BCUT2D eigenvalue weighted by Gasteiger charge is -2.19. The van der Waals surface area contributed by atoms with E-state index in [-0.39, 0.29) is 12.3 Å². The van der Waals surface area contributed by atoms with Gasteiger partial charge in [0.05, 0.1) is 10.9 Å². The summed E-state index contributed by atoms with van der Waals surface area (Å²) in [6.07, 6.45) is -0.638. The Hall–Kier alpha value is -3.75. The molecule has 0 fully saturated rings. The van der Waals surface area contributed by atoms with Crippen LogP contribution < -0.4 is 10.9 Å². The number of hydrogen-bond donors (Lipinski definition) is 1. The Morgan fingerprint density at radius 2 is 1.86 bits per heavy atom. The average molecular weight is 396 g/mol. The maximum Gasteiger partial charge on any atom is 0.412 e. The van der Waals surface area contributed by atoms with Crippen molar-refractivity contribution >= 4 is 28.7 Å². The van der Waals surface area contributed by atoms with E-state index in [0.29, 0.717) is 16.6 Å². The Bertz CT molecular complexity index is 1120. The fourth-order valence-electron chi connectivity index (χ4n) is 2.46. The second kappa shape index (κ2) is 8.09. The summed E-state index contributed by atoms with van der Waals surface area (Å²) in [5.41, 5.74) is -0.0316. The van der Waals surface area contributed by atoms with Crippen molar-refractivity contribution in [2.45, 2.75) is 33.1 Å². The Morgan fingerprint density at radius 1 is 1.10 bits per heavy atom. The number of hydrogen-bond acceptors (Lipinski definition) is 7. The van der Waals surface area contributed by atoms with Crippen LogP contribution in [0.5, 0.6) is 0 Å². The minimum Gasteiger partial charge on any atom is -0.444 e. The molecule has 0 saturated carbocycles. The van der Waals surface area contributed by atoms with Crippen molar-refractivity contribution in [2.24, 2.45) is 0 Å². The van der Waals surface area contributed by atoms with Crippen LogP contribution in [0.1, 0.15) is 31.1 Å². The molecule has 2 aromatic carbocycles. The van der Waals surface area contributed by atoms with Gasteiger partial charge in [0.25, 0.3) is 5.56 Å². The second-order valence-corrected chi connectivity index (χ2v) is 7.18. The number of fused-ring (bicyclic) bond motifs is 1. The fraction of sp³-hybridized carbons (Fsp3) is 0.250. The predicted octanol–water partition coefficient (Wildman–Crippen LogP) is 2.95. The normalized spacial score (nSPS) is 11.1. The molecule has 3 aromatic rings. The zero-order chi connectivity index (χ0) is 21.0. The average Bonchev–Trinajstić information content (AvgIpc) is 2.66. The summed E-state index contributed by atoms with van der Waals surface area (Å²) in [4.78, 5) is 36.6. The maximum absolute atomic E-state index is 12.4. The van der Waals surface area contributed by atoms with E-state index in [1.807, 2.05) is 0 Å². The van der Waals surface area contributed by atoms with Crippen molar-refractivity contribution in [1.82, 2.24) is 15.0 Å². The van der Waals surface area contributed by atoms with Crippen molar-refractivity contribution in [1.29, 1.82) is 0 Å². The fourth-order valence-corrected chi connectivity index (χ4v) is 2.46. The van der Waals surface area contributed by atoms with Gasteiger partial charge < -0.3 is 9.47 Å². The van der Waals surface area contributed by atoms with Crippen LogP contribution in [-0.4, -0.2) is 32.7 Å². The first kappa shape index (κ1) is 20.0. The van der Waals surface area contributed by atoms with Crippen LogP contribution in [0.25, 0.3) is 10.9 Å². The van der Waals surface area contributed by atoms with E-state index in [2.05, 4.69) is 15.6 Å². The van der Waals surface area contributed by atoms with Crippen molar-refractivity contribution in [3.63, 3.8) is 0 Å². The number of aromatic nitrogens is 3. The van der Waals surface area contributed by atoms with E-state index in [4.69, 9.17) is 9.47 Å². The molecule has 0 saturated heterocycles. The van der Waals surface area contributed by atoms with Crippen LogP contribution in [0.4, 0.5) is 10.5 Å². The standard InChI is InChI=1S/C20H20N4O5/c1-20(2,3)29-19(27)21-14-8-6-7-13(11-14)18(26)28-12-24-17(25)15-9-4-5-10-16(15)22-23-24/h4-11H,12H2,1-3H3,(H,21,27). The van der Waals surface area contributed by atoms with Crippen LogP contribution in [0.15, 0.2) is 53.3 Å². The van der Waals surface area contributed by atoms with Gasteiger partial charge in [-0.05, 0) is 51.1 Å². The van der Waals surface area contributed by atoms with Gasteiger partial charge >= 0.3 is 12.1 Å². The molecule has 0 aliphatic carbocycles. The van der Waals surface area contributed by atoms with E-state index in [9.17, 15) is 14.4 Å². The molecule has 1 heterocycles. The van der Waals surface area contributed by atoms with Gasteiger partial charge in [-0.1, -0.05) is 23.4 Å². The number of anilines is 1. The molecule has 9 heteroatoms. The highest BCUT2D eigenvalue weighted by molar-refractivity contribution is 5.92. The zero-order valence-corrected chi connectivity index (χ0v) is 16.2. The lowest BCUT2D eigenvalue weighted by molar-refractivity contribution is 0.0335. The van der Waals surface area contributed by atoms with Gasteiger partial charge in [0.1, 0.15) is 11.1 Å². The quantitative estimate of drug-likeness (QED) is 0.675. The Labute approximate surface area is 166 Å². The van der Waals surface area contributed by atoms with Crippen molar-refractivity contribution in [3.05, 3.63) is 64.4 Å². The first-order valence-corrected chi connectivity index (χ1v) is 8.83. The molecular weight excluding hydrogens is 376 g/mol. The van der Waals surface area contributed by atoms with E-state index >= 15 is 0 Å². The van der Waals surface area contributed by atoms with Crippen molar-refractivity contribution < 1.29 is 19.1 Å². The molecular formula is C20H20N4O5. The van der Waals surface area contributed by atoms with Crippen LogP contribution in [0, 0.1) is 0 Å². The lowest BCUT2D eigenvalue weighted by atomic mass is 10.2. The number of ether oxygens (including phenoxy) is 2. The van der Waals surface area contributed by atoms with Gasteiger partial charge in [-0.3, -0.25) is 10.1 Å². The smallest absolute Gasteiger partial charge is 0.412 e. The number of nitrogens with one attached hydrogen (secondary N) is 1. The molecule has 0 atom stereocenters. The minimum atomic E-state index is -0.681. The number of carbonyl (C=O) groups excluding carboxylic acids is 2. The number of carbonyl (C=O) groups is 2. The molecule has 29 heavy (non-hydrogen) atoms. The molecule has 1 amide bonds. The predicted molar refractivity (Wildman–Crippen MR) is 106 cm³/mol. The first-order chi connectivity index (χ1) is 13.7. The van der Waals surface area contributed by atoms with Gasteiger partial charge in [-0.2, -0.15) is 4.68 Å². The summed E-state index contributed by atoms with van der Waals surface area (Å²) in [6.45, 7) is 4.85. The summed E-state index contributed by atoms with van der Waals surface area (Å²) >= 11 is 0. The summed E-state index contributed by atoms with van der Waals surface area (Å²) in [5.74, 6) is -0.681. The molecule has 1 aromatic heterocycles. The SMILES string of the molecule is CC(C)(C)OC(=O)Nc1cccc(C(=O)OCn2nnc3ccccc3c2=O)c1. The molecule has 0 aliphatic heterocycles. The number of benzene rings is 2. The maximum atomic E-state index is 12.4. The monoisotopic (exact) mass is 396 g/mol. The van der Waals surface area contributed by atoms with Gasteiger partial charge in [0, 0.05) is 5.69 Å². The number of rotatable bonds is 4. The highest BCUT2D eigenvalue weighted by atomic mass is 16.6. The number of nitrogens with zero attached hydrogens (tertiary/aromatic N) is 3. The van der Waals surface area contributed by atoms with Crippen LogP contribution >= 0.6 is 0 Å². The number of amides is 1. The zero-order valence-electron chi connectivity index (χ0n) is 16.2. The summed E-state index contributed by atoms with van der Waals surface area (Å²) in [6, 6.07) is 12.9. The molecule has 1 N–H and O–H groups in total. The Morgan fingerprint density at radius 3 is 2.62 bits per heavy atom. The molecule has 0 bridgehead atoms. The van der Waals surface area contributed by atoms with Crippen LogP contribution in [0.2, 0.25) is 0 Å². The van der Waals surface area contributed by atoms with E-state index in [1.54, 1.807) is 57.2 Å². The summed E-state index contributed by atoms with van der Waals surface area (Å²) < 4.78 is 11.3. The minimum absolute atomic E-state index is 0.195. The van der Waals surface area contributed by atoms with E-state index < -0.39 is 23.2 Å². The second-order valence-electron chi connectivity index (χ2n) is 7.18. The molecule has 0 unspecified atom stereocenters. The highest BCUT2D eigenvalue weighted by Crippen LogP contribution is 2.14. The van der Waals surface area contributed by atoms with Crippen LogP contribution in [-0.2, 0) is 16.2 Å². The third-order valence-electron chi connectivity index (χ3n) is 3.69. The van der Waals surface area contributed by atoms with Gasteiger partial charge in [0.15, 0.2) is 6.73 Å². The third-order valence-corrected chi connectivity index (χ3v) is 3.69. The van der Waals surface area contributed by atoms with Gasteiger partial charge in [-0.25, -0.2) is 9.59 Å². The van der Waals surface area contributed by atoms with Crippen molar-refractivity contribution in [2.75, 3.05) is 5.32 Å². The van der Waals surface area contributed by atoms with Crippen LogP contribution in [0.3, 0.4) is 0 Å². The van der Waals surface area contributed by atoms with Gasteiger partial charge in [-0.15, -0.1) is 5.10 Å². The molecule has 150 valence electrons. The van der Waals surface area contributed by atoms with E-state index in [1.165, 1.54) is 12.1 Å². The molecule has 9 nitrogen and oxygen atoms in total. The molecule has 0 spiro atoms. The molecule has 3 rings (SSSR count). The molecule has 0 aliphatic rings. The lowest BCUT2D eigenvalue weighted by Crippen LogP contribution is -2.27. The Kier molecular flexibility index (Phi) is 5.58. The molecule has 0 radical (unpaired) electrons. The summed E-state index contributed by atoms with van der Waals surface area (Å²) in [5, 5.41) is 10.6.